The van der Waals surface area contributed by atoms with E-state index in [-0.39, 0.29) is 11.6 Å². The van der Waals surface area contributed by atoms with Crippen molar-refractivity contribution in [2.45, 2.75) is 40.2 Å². The Kier molecular flexibility index (Phi) is 4.76. The van der Waals surface area contributed by atoms with Crippen LogP contribution in [0.2, 0.25) is 0 Å². The quantitative estimate of drug-likeness (QED) is 0.508. The first-order chi connectivity index (χ1) is 11.9. The number of nitrogens with zero attached hydrogens (tertiary/aromatic N) is 1. The molecule has 25 heavy (non-hydrogen) atoms. The van der Waals surface area contributed by atoms with Crippen molar-refractivity contribution in [1.29, 1.82) is 0 Å². The van der Waals surface area contributed by atoms with Crippen LogP contribution < -0.4 is 0 Å². The molecule has 1 aromatic heterocycles. The van der Waals surface area contributed by atoms with Crippen LogP contribution in [0.5, 0.6) is 0 Å². The average Bonchev–Trinajstić information content (AvgIpc) is 2.89. The van der Waals surface area contributed by atoms with Crippen LogP contribution >= 0.6 is 0 Å². The largest absolute Gasteiger partial charge is 0.344 e. The minimum atomic E-state index is -0.248. The van der Waals surface area contributed by atoms with Crippen molar-refractivity contribution in [2.24, 2.45) is 0 Å². The number of aromatic nitrogens is 1. The SMILES string of the molecule is CCn1c(-c2ccc(F)cc2)c(-c2ccc(F)cc2)c(C)c1C(C)C. The van der Waals surface area contributed by atoms with E-state index in [0.29, 0.717) is 5.92 Å². The maximum Gasteiger partial charge on any atom is 0.123 e. The van der Waals surface area contributed by atoms with Crippen LogP contribution in [0.15, 0.2) is 48.5 Å². The van der Waals surface area contributed by atoms with Crippen molar-refractivity contribution in [3.05, 3.63) is 71.4 Å². The van der Waals surface area contributed by atoms with Crippen molar-refractivity contribution < 1.29 is 8.78 Å². The van der Waals surface area contributed by atoms with E-state index in [2.05, 4.69) is 32.3 Å². The Labute approximate surface area is 147 Å². The number of benzene rings is 2. The molecule has 130 valence electrons. The Morgan fingerprint density at radius 3 is 1.76 bits per heavy atom. The monoisotopic (exact) mass is 339 g/mol. The van der Waals surface area contributed by atoms with Gasteiger partial charge in [0.05, 0.1) is 5.69 Å². The van der Waals surface area contributed by atoms with Crippen LogP contribution in [0.1, 0.15) is 37.9 Å². The van der Waals surface area contributed by atoms with Crippen molar-refractivity contribution >= 4 is 0 Å². The summed E-state index contributed by atoms with van der Waals surface area (Å²) in [7, 11) is 0. The molecule has 0 N–H and O–H groups in total. The summed E-state index contributed by atoms with van der Waals surface area (Å²) < 4.78 is 29.1. The summed E-state index contributed by atoms with van der Waals surface area (Å²) in [5.74, 6) is -0.139. The summed E-state index contributed by atoms with van der Waals surface area (Å²) in [6.07, 6.45) is 0. The summed E-state index contributed by atoms with van der Waals surface area (Å²) in [5, 5.41) is 0. The molecule has 0 amide bonds. The first-order valence-corrected chi connectivity index (χ1v) is 8.68. The van der Waals surface area contributed by atoms with Crippen molar-refractivity contribution in [3.63, 3.8) is 0 Å². The molecule has 0 aliphatic rings. The maximum atomic E-state index is 13.4. The van der Waals surface area contributed by atoms with E-state index in [1.165, 1.54) is 35.5 Å². The highest BCUT2D eigenvalue weighted by molar-refractivity contribution is 5.85. The first kappa shape index (κ1) is 17.4. The smallest absolute Gasteiger partial charge is 0.123 e. The second-order valence-corrected chi connectivity index (χ2v) is 6.65. The van der Waals surface area contributed by atoms with Gasteiger partial charge in [0, 0.05) is 17.8 Å². The molecular formula is C22H23F2N. The topological polar surface area (TPSA) is 4.93 Å². The highest BCUT2D eigenvalue weighted by atomic mass is 19.1. The first-order valence-electron chi connectivity index (χ1n) is 8.68. The molecule has 0 unspecified atom stereocenters. The molecule has 0 spiro atoms. The predicted octanol–water partition coefficient (Wildman–Crippen LogP) is 6.55. The minimum Gasteiger partial charge on any atom is -0.344 e. The molecule has 0 saturated carbocycles. The van der Waals surface area contributed by atoms with E-state index in [9.17, 15) is 8.78 Å². The van der Waals surface area contributed by atoms with Gasteiger partial charge in [-0.3, -0.25) is 0 Å². The van der Waals surface area contributed by atoms with Gasteiger partial charge in [-0.2, -0.15) is 0 Å². The van der Waals surface area contributed by atoms with Crippen LogP contribution in [0.4, 0.5) is 8.78 Å². The molecule has 3 rings (SSSR count). The van der Waals surface area contributed by atoms with Gasteiger partial charge in [0.15, 0.2) is 0 Å². The van der Waals surface area contributed by atoms with Crippen LogP contribution in [-0.4, -0.2) is 4.57 Å². The molecule has 1 nitrogen and oxygen atoms in total. The third-order valence-corrected chi connectivity index (χ3v) is 4.67. The molecular weight excluding hydrogens is 316 g/mol. The maximum absolute atomic E-state index is 13.4. The van der Waals surface area contributed by atoms with Crippen LogP contribution in [-0.2, 0) is 6.54 Å². The van der Waals surface area contributed by atoms with Gasteiger partial charge >= 0.3 is 0 Å². The molecule has 0 bridgehead atoms. The van der Waals surface area contributed by atoms with Gasteiger partial charge in [-0.1, -0.05) is 26.0 Å². The Morgan fingerprint density at radius 1 is 0.840 bits per heavy atom. The molecule has 0 aliphatic heterocycles. The zero-order valence-corrected chi connectivity index (χ0v) is 15.1. The lowest BCUT2D eigenvalue weighted by molar-refractivity contribution is 0.627. The highest BCUT2D eigenvalue weighted by Gasteiger charge is 2.23. The molecule has 2 aromatic carbocycles. The van der Waals surface area contributed by atoms with E-state index in [1.54, 1.807) is 0 Å². The van der Waals surface area contributed by atoms with Gasteiger partial charge in [0.1, 0.15) is 11.6 Å². The van der Waals surface area contributed by atoms with E-state index < -0.39 is 0 Å². The molecule has 3 aromatic rings. The minimum absolute atomic E-state index is 0.247. The summed E-state index contributed by atoms with van der Waals surface area (Å²) in [5.41, 5.74) is 6.57. The summed E-state index contributed by atoms with van der Waals surface area (Å²) in [4.78, 5) is 0. The fourth-order valence-electron chi connectivity index (χ4n) is 3.71. The molecule has 0 atom stereocenters. The fraction of sp³-hybridized carbons (Fsp3) is 0.273. The zero-order valence-electron chi connectivity index (χ0n) is 15.1. The van der Waals surface area contributed by atoms with Gasteiger partial charge in [0.25, 0.3) is 0 Å². The Balaban J connectivity index is 2.35. The average molecular weight is 339 g/mol. The number of rotatable bonds is 4. The zero-order chi connectivity index (χ0) is 18.1. The third kappa shape index (κ3) is 3.11. The second kappa shape index (κ2) is 6.83. The number of hydrogen-bond acceptors (Lipinski definition) is 0. The lowest BCUT2D eigenvalue weighted by Crippen LogP contribution is -2.05. The van der Waals surface area contributed by atoms with Crippen LogP contribution in [0.25, 0.3) is 22.4 Å². The molecule has 1 heterocycles. The molecule has 3 heteroatoms. The van der Waals surface area contributed by atoms with Gasteiger partial charge in [0.2, 0.25) is 0 Å². The van der Waals surface area contributed by atoms with Crippen molar-refractivity contribution in [2.75, 3.05) is 0 Å². The van der Waals surface area contributed by atoms with Crippen molar-refractivity contribution in [3.8, 4) is 22.4 Å². The Hall–Kier alpha value is -2.42. The van der Waals surface area contributed by atoms with Gasteiger partial charge in [-0.25, -0.2) is 8.78 Å². The standard InChI is InChI=1S/C22H23F2N/c1-5-25-21(14(2)3)15(4)20(16-6-10-18(23)11-7-16)22(25)17-8-12-19(24)13-9-17/h6-14H,5H2,1-4H3. The van der Waals surface area contributed by atoms with E-state index in [1.807, 2.05) is 24.3 Å². The van der Waals surface area contributed by atoms with Gasteiger partial charge in [-0.05, 0) is 72.9 Å². The lowest BCUT2D eigenvalue weighted by atomic mass is 9.96. The second-order valence-electron chi connectivity index (χ2n) is 6.65. The fourth-order valence-corrected chi connectivity index (χ4v) is 3.71. The Morgan fingerprint density at radius 2 is 1.32 bits per heavy atom. The van der Waals surface area contributed by atoms with Crippen molar-refractivity contribution in [1.82, 2.24) is 4.57 Å². The normalized spacial score (nSPS) is 11.3. The van der Waals surface area contributed by atoms with Gasteiger partial charge < -0.3 is 4.57 Å². The molecule has 0 radical (unpaired) electrons. The summed E-state index contributed by atoms with van der Waals surface area (Å²) >= 11 is 0. The van der Waals surface area contributed by atoms with Crippen LogP contribution in [0.3, 0.4) is 0 Å². The summed E-state index contributed by atoms with van der Waals surface area (Å²) in [6, 6.07) is 13.2. The Bertz CT molecular complexity index is 872. The molecule has 0 saturated heterocycles. The van der Waals surface area contributed by atoms with Gasteiger partial charge in [-0.15, -0.1) is 0 Å². The third-order valence-electron chi connectivity index (χ3n) is 4.67. The molecule has 0 aliphatic carbocycles. The highest BCUT2D eigenvalue weighted by Crippen LogP contribution is 2.41. The molecule has 0 fully saturated rings. The summed E-state index contributed by atoms with van der Waals surface area (Å²) in [6.45, 7) is 9.41. The van der Waals surface area contributed by atoms with E-state index in [4.69, 9.17) is 0 Å². The number of halogens is 2. The number of hydrogen-bond donors (Lipinski definition) is 0. The lowest BCUT2D eigenvalue weighted by Gasteiger charge is -2.15. The predicted molar refractivity (Wildman–Crippen MR) is 99.7 cm³/mol. The van der Waals surface area contributed by atoms with E-state index in [0.717, 1.165) is 28.9 Å². The van der Waals surface area contributed by atoms with Crippen LogP contribution in [0, 0.1) is 18.6 Å². The van der Waals surface area contributed by atoms with E-state index >= 15 is 0 Å².